The highest BCUT2D eigenvalue weighted by Gasteiger charge is 2.08. The maximum absolute atomic E-state index is 12.3. The number of methoxy groups -OCH3 is 1. The molecule has 1 heterocycles. The van der Waals surface area contributed by atoms with Gasteiger partial charge in [0.25, 0.3) is 0 Å². The monoisotopic (exact) mass is 398 g/mol. The van der Waals surface area contributed by atoms with Crippen molar-refractivity contribution in [2.75, 3.05) is 12.4 Å². The van der Waals surface area contributed by atoms with Gasteiger partial charge in [0.1, 0.15) is 5.75 Å². The molecule has 0 aliphatic heterocycles. The van der Waals surface area contributed by atoms with Crippen LogP contribution in [0.25, 0.3) is 0 Å². The normalized spacial score (nSPS) is 10.6. The molecule has 3 rings (SSSR count). The first-order valence-electron chi connectivity index (χ1n) is 8.67. The fourth-order valence-electron chi connectivity index (χ4n) is 2.62. The number of aromatic nitrogens is 1. The van der Waals surface area contributed by atoms with Gasteiger partial charge >= 0.3 is 0 Å². The number of ether oxygens (including phenoxy) is 1. The largest absolute Gasteiger partial charge is 0.497 e. The van der Waals surface area contributed by atoms with Crippen molar-refractivity contribution in [1.82, 2.24) is 4.98 Å². The van der Waals surface area contributed by atoms with E-state index >= 15 is 0 Å². The Morgan fingerprint density at radius 3 is 2.78 bits per heavy atom. The van der Waals surface area contributed by atoms with E-state index in [1.165, 1.54) is 0 Å². The lowest BCUT2D eigenvalue weighted by Crippen LogP contribution is -2.13. The second-order valence-electron chi connectivity index (χ2n) is 6.23. The summed E-state index contributed by atoms with van der Waals surface area (Å²) in [7, 11) is 1.65. The van der Waals surface area contributed by atoms with E-state index < -0.39 is 0 Å². The van der Waals surface area contributed by atoms with Gasteiger partial charge in [0.15, 0.2) is 4.34 Å². The average molecular weight is 399 g/mol. The Kier molecular flexibility index (Phi) is 6.53. The smallest absolute Gasteiger partial charge is 0.224 e. The molecule has 1 N–H and O–H groups in total. The van der Waals surface area contributed by atoms with Gasteiger partial charge in [-0.1, -0.05) is 23.9 Å². The zero-order valence-corrected chi connectivity index (χ0v) is 17.2. The SMILES string of the molecule is COc1cccc(CCC(=O)Nc2ccc(Sc3nc(C)cs3)cc2C)c1. The van der Waals surface area contributed by atoms with Crippen LogP contribution in [0.5, 0.6) is 5.75 Å². The van der Waals surface area contributed by atoms with E-state index in [0.717, 1.165) is 37.5 Å². The van der Waals surface area contributed by atoms with Crippen LogP contribution in [0, 0.1) is 13.8 Å². The number of thiazole rings is 1. The predicted molar refractivity (Wildman–Crippen MR) is 112 cm³/mol. The molecule has 0 aliphatic rings. The molecular weight excluding hydrogens is 376 g/mol. The van der Waals surface area contributed by atoms with E-state index in [0.29, 0.717) is 12.8 Å². The van der Waals surface area contributed by atoms with Crippen LogP contribution in [0.1, 0.15) is 23.2 Å². The zero-order chi connectivity index (χ0) is 19.2. The summed E-state index contributed by atoms with van der Waals surface area (Å²) in [4.78, 5) is 17.9. The number of hydrogen-bond donors (Lipinski definition) is 1. The third kappa shape index (κ3) is 5.58. The molecule has 0 radical (unpaired) electrons. The summed E-state index contributed by atoms with van der Waals surface area (Å²) in [6.07, 6.45) is 1.11. The number of carbonyl (C=O) groups excluding carboxylic acids is 1. The Morgan fingerprint density at radius 2 is 2.07 bits per heavy atom. The molecule has 140 valence electrons. The van der Waals surface area contributed by atoms with Crippen LogP contribution in [0.3, 0.4) is 0 Å². The molecule has 27 heavy (non-hydrogen) atoms. The summed E-state index contributed by atoms with van der Waals surface area (Å²) in [5.41, 5.74) is 4.03. The molecule has 3 aromatic rings. The lowest BCUT2D eigenvalue weighted by atomic mass is 10.1. The number of hydrogen-bond acceptors (Lipinski definition) is 5. The molecule has 0 bridgehead atoms. The van der Waals surface area contributed by atoms with Gasteiger partial charge in [-0.25, -0.2) is 4.98 Å². The summed E-state index contributed by atoms with van der Waals surface area (Å²) in [5, 5.41) is 5.06. The molecule has 0 fully saturated rings. The molecule has 0 aliphatic carbocycles. The fourth-order valence-corrected chi connectivity index (χ4v) is 4.53. The van der Waals surface area contributed by atoms with E-state index in [1.807, 2.05) is 55.6 Å². The van der Waals surface area contributed by atoms with Gasteiger partial charge in [-0.15, -0.1) is 11.3 Å². The first kappa shape index (κ1) is 19.5. The number of anilines is 1. The third-order valence-electron chi connectivity index (χ3n) is 4.05. The van der Waals surface area contributed by atoms with Gasteiger partial charge in [0.05, 0.1) is 7.11 Å². The highest BCUT2D eigenvalue weighted by atomic mass is 32.2. The molecule has 0 saturated heterocycles. The summed E-state index contributed by atoms with van der Waals surface area (Å²) in [6, 6.07) is 13.9. The highest BCUT2D eigenvalue weighted by Crippen LogP contribution is 2.32. The minimum Gasteiger partial charge on any atom is -0.497 e. The molecular formula is C21H22N2O2S2. The fraction of sp³-hybridized carbons (Fsp3) is 0.238. The Balaban J connectivity index is 1.57. The molecule has 0 spiro atoms. The zero-order valence-electron chi connectivity index (χ0n) is 15.6. The lowest BCUT2D eigenvalue weighted by Gasteiger charge is -2.10. The molecule has 2 aromatic carbocycles. The number of benzene rings is 2. The average Bonchev–Trinajstić information content (AvgIpc) is 3.07. The van der Waals surface area contributed by atoms with Crippen molar-refractivity contribution in [1.29, 1.82) is 0 Å². The predicted octanol–water partition coefficient (Wildman–Crippen LogP) is 5.49. The summed E-state index contributed by atoms with van der Waals surface area (Å²) < 4.78 is 6.25. The van der Waals surface area contributed by atoms with Crippen molar-refractivity contribution < 1.29 is 9.53 Å². The highest BCUT2D eigenvalue weighted by molar-refractivity contribution is 8.01. The second kappa shape index (κ2) is 9.06. The quantitative estimate of drug-likeness (QED) is 0.572. The first-order chi connectivity index (χ1) is 13.0. The number of aryl methyl sites for hydroxylation is 3. The Labute approximate surface area is 168 Å². The van der Waals surface area contributed by atoms with Crippen molar-refractivity contribution in [3.63, 3.8) is 0 Å². The second-order valence-corrected chi connectivity index (χ2v) is 8.41. The topological polar surface area (TPSA) is 51.2 Å². The summed E-state index contributed by atoms with van der Waals surface area (Å²) >= 11 is 3.29. The number of rotatable bonds is 7. The molecule has 1 amide bonds. The first-order valence-corrected chi connectivity index (χ1v) is 10.4. The maximum Gasteiger partial charge on any atom is 0.224 e. The third-order valence-corrected chi connectivity index (χ3v) is 6.10. The van der Waals surface area contributed by atoms with Crippen molar-refractivity contribution in [2.45, 2.75) is 35.9 Å². The van der Waals surface area contributed by atoms with Crippen LogP contribution < -0.4 is 10.1 Å². The van der Waals surface area contributed by atoms with Crippen LogP contribution in [0.15, 0.2) is 57.1 Å². The molecule has 0 unspecified atom stereocenters. The van der Waals surface area contributed by atoms with Gasteiger partial charge in [-0.2, -0.15) is 0 Å². The van der Waals surface area contributed by atoms with E-state index in [4.69, 9.17) is 4.74 Å². The van der Waals surface area contributed by atoms with Crippen molar-refractivity contribution >= 4 is 34.7 Å². The van der Waals surface area contributed by atoms with E-state index in [1.54, 1.807) is 30.2 Å². The van der Waals surface area contributed by atoms with E-state index in [9.17, 15) is 4.79 Å². The standard InChI is InChI=1S/C21H22N2O2S2/c1-14-11-18(27-21-22-15(2)13-26-21)8-9-19(14)23-20(24)10-7-16-5-4-6-17(12-16)25-3/h4-6,8-9,11-13H,7,10H2,1-3H3,(H,23,24). The summed E-state index contributed by atoms with van der Waals surface area (Å²) in [6.45, 7) is 4.00. The Morgan fingerprint density at radius 1 is 1.22 bits per heavy atom. The Hall–Kier alpha value is -2.31. The number of nitrogens with zero attached hydrogens (tertiary/aromatic N) is 1. The van der Waals surface area contributed by atoms with Gasteiger partial charge in [0.2, 0.25) is 5.91 Å². The maximum atomic E-state index is 12.3. The van der Waals surface area contributed by atoms with Crippen LogP contribution >= 0.6 is 23.1 Å². The van der Waals surface area contributed by atoms with E-state index in [-0.39, 0.29) is 5.91 Å². The van der Waals surface area contributed by atoms with Gasteiger partial charge < -0.3 is 10.1 Å². The van der Waals surface area contributed by atoms with Gasteiger partial charge in [0, 0.05) is 28.1 Å². The molecule has 0 saturated carbocycles. The van der Waals surface area contributed by atoms with Crippen molar-refractivity contribution in [2.24, 2.45) is 0 Å². The van der Waals surface area contributed by atoms with Crippen LogP contribution in [-0.4, -0.2) is 18.0 Å². The lowest BCUT2D eigenvalue weighted by molar-refractivity contribution is -0.116. The number of amides is 1. The van der Waals surface area contributed by atoms with Crippen LogP contribution in [-0.2, 0) is 11.2 Å². The summed E-state index contributed by atoms with van der Waals surface area (Å²) in [5.74, 6) is 0.823. The molecule has 4 nitrogen and oxygen atoms in total. The number of nitrogens with one attached hydrogen (secondary N) is 1. The Bertz CT molecular complexity index is 937. The van der Waals surface area contributed by atoms with Crippen LogP contribution in [0.4, 0.5) is 5.69 Å². The van der Waals surface area contributed by atoms with Crippen molar-refractivity contribution in [3.8, 4) is 5.75 Å². The van der Waals surface area contributed by atoms with Crippen LogP contribution in [0.2, 0.25) is 0 Å². The molecule has 0 atom stereocenters. The van der Waals surface area contributed by atoms with E-state index in [2.05, 4.69) is 16.4 Å². The minimum atomic E-state index is 0.0110. The van der Waals surface area contributed by atoms with Crippen molar-refractivity contribution in [3.05, 3.63) is 64.7 Å². The molecule has 6 heteroatoms. The van der Waals surface area contributed by atoms with Gasteiger partial charge in [-0.3, -0.25) is 4.79 Å². The minimum absolute atomic E-state index is 0.0110. The molecule has 1 aromatic heterocycles. The van der Waals surface area contributed by atoms with Gasteiger partial charge in [-0.05, 0) is 61.7 Å². The number of carbonyl (C=O) groups is 1.